The summed E-state index contributed by atoms with van der Waals surface area (Å²) in [4.78, 5) is 35.0. The molecule has 0 radical (unpaired) electrons. The number of amides is 2. The molecule has 1 rings (SSSR count). The van der Waals surface area contributed by atoms with E-state index in [1.165, 1.54) is 0 Å². The summed E-state index contributed by atoms with van der Waals surface area (Å²) in [6, 6.07) is 6.55. The zero-order chi connectivity index (χ0) is 17.9. The summed E-state index contributed by atoms with van der Waals surface area (Å²) in [7, 11) is 0. The molecular weight excluding hydrogens is 328 g/mol. The van der Waals surface area contributed by atoms with Crippen molar-refractivity contribution in [1.29, 1.82) is 0 Å². The first-order valence-electron chi connectivity index (χ1n) is 7.80. The molecule has 7 heteroatoms. The van der Waals surface area contributed by atoms with Gasteiger partial charge in [-0.3, -0.25) is 14.4 Å². The minimum Gasteiger partial charge on any atom is -0.481 e. The number of carbonyl (C=O) groups excluding carboxylic acids is 2. The maximum absolute atomic E-state index is 12.3. The maximum atomic E-state index is 12.3. The van der Waals surface area contributed by atoms with Gasteiger partial charge in [0.2, 0.25) is 5.91 Å². The number of thioether (sulfide) groups is 1. The van der Waals surface area contributed by atoms with Gasteiger partial charge in [-0.25, -0.2) is 0 Å². The van der Waals surface area contributed by atoms with Crippen LogP contribution in [0.1, 0.15) is 35.2 Å². The summed E-state index contributed by atoms with van der Waals surface area (Å²) >= 11 is 1.60. The van der Waals surface area contributed by atoms with Crippen LogP contribution in [0, 0.1) is 6.92 Å². The average molecular weight is 352 g/mol. The van der Waals surface area contributed by atoms with Crippen molar-refractivity contribution in [2.75, 3.05) is 18.6 Å². The molecule has 0 fully saturated rings. The van der Waals surface area contributed by atoms with Gasteiger partial charge >= 0.3 is 5.97 Å². The topological polar surface area (TPSA) is 95.5 Å². The molecule has 1 atom stereocenters. The van der Waals surface area contributed by atoms with Gasteiger partial charge in [-0.2, -0.15) is 11.8 Å². The van der Waals surface area contributed by atoms with Crippen molar-refractivity contribution in [3.05, 3.63) is 35.4 Å². The molecule has 1 unspecified atom stereocenters. The van der Waals surface area contributed by atoms with Crippen molar-refractivity contribution in [3.63, 3.8) is 0 Å². The lowest BCUT2D eigenvalue weighted by Gasteiger charge is -2.18. The zero-order valence-corrected chi connectivity index (χ0v) is 14.8. The number of nitrogens with one attached hydrogen (secondary N) is 2. The molecule has 0 saturated heterocycles. The van der Waals surface area contributed by atoms with E-state index in [1.807, 2.05) is 19.2 Å². The molecule has 0 aliphatic rings. The van der Waals surface area contributed by atoms with Crippen molar-refractivity contribution in [3.8, 4) is 0 Å². The second-order valence-electron chi connectivity index (χ2n) is 5.47. The van der Waals surface area contributed by atoms with E-state index >= 15 is 0 Å². The number of hydrogen-bond donors (Lipinski definition) is 3. The van der Waals surface area contributed by atoms with Crippen molar-refractivity contribution in [2.24, 2.45) is 0 Å². The lowest BCUT2D eigenvalue weighted by molar-refractivity contribution is -0.137. The normalized spacial score (nSPS) is 11.6. The highest BCUT2D eigenvalue weighted by Crippen LogP contribution is 2.06. The zero-order valence-electron chi connectivity index (χ0n) is 14.0. The Hall–Kier alpha value is -2.02. The molecule has 1 aromatic carbocycles. The molecule has 3 N–H and O–H groups in total. The van der Waals surface area contributed by atoms with Crippen LogP contribution in [0.2, 0.25) is 0 Å². The molecule has 132 valence electrons. The van der Waals surface area contributed by atoms with Crippen molar-refractivity contribution in [2.45, 2.75) is 32.2 Å². The monoisotopic (exact) mass is 352 g/mol. The summed E-state index contributed by atoms with van der Waals surface area (Å²) < 4.78 is 0. The number of carbonyl (C=O) groups is 3. The molecule has 1 aromatic rings. The van der Waals surface area contributed by atoms with E-state index in [0.717, 1.165) is 11.3 Å². The van der Waals surface area contributed by atoms with Crippen LogP contribution in [0.4, 0.5) is 0 Å². The van der Waals surface area contributed by atoms with Gasteiger partial charge < -0.3 is 15.7 Å². The number of aliphatic carboxylic acids is 1. The van der Waals surface area contributed by atoms with Gasteiger partial charge in [0.05, 0.1) is 0 Å². The van der Waals surface area contributed by atoms with Crippen LogP contribution in [0.5, 0.6) is 0 Å². The number of carboxylic acid groups (broad SMARTS) is 1. The number of hydrogen-bond acceptors (Lipinski definition) is 4. The molecule has 24 heavy (non-hydrogen) atoms. The Morgan fingerprint density at radius 2 is 2.04 bits per heavy atom. The largest absolute Gasteiger partial charge is 0.481 e. The van der Waals surface area contributed by atoms with E-state index in [2.05, 4.69) is 10.6 Å². The first-order chi connectivity index (χ1) is 11.4. The molecule has 0 heterocycles. The minimum atomic E-state index is -0.893. The van der Waals surface area contributed by atoms with Gasteiger partial charge in [-0.15, -0.1) is 0 Å². The molecular formula is C17H24N2O4S. The number of benzene rings is 1. The summed E-state index contributed by atoms with van der Waals surface area (Å²) in [5.74, 6) is -0.724. The van der Waals surface area contributed by atoms with Crippen molar-refractivity contribution < 1.29 is 19.5 Å². The second-order valence-corrected chi connectivity index (χ2v) is 6.45. The number of aryl methyl sites for hydroxylation is 1. The van der Waals surface area contributed by atoms with Gasteiger partial charge in [0, 0.05) is 18.5 Å². The molecule has 0 aliphatic carbocycles. The fraction of sp³-hybridized carbons (Fsp3) is 0.471. The average Bonchev–Trinajstić information content (AvgIpc) is 2.54. The van der Waals surface area contributed by atoms with Gasteiger partial charge in [0.1, 0.15) is 6.04 Å². The number of rotatable bonds is 10. The smallest absolute Gasteiger partial charge is 0.303 e. The maximum Gasteiger partial charge on any atom is 0.303 e. The van der Waals surface area contributed by atoms with Crippen LogP contribution in [0.25, 0.3) is 0 Å². The van der Waals surface area contributed by atoms with Crippen LogP contribution in [0.15, 0.2) is 24.3 Å². The van der Waals surface area contributed by atoms with E-state index in [4.69, 9.17) is 5.11 Å². The lowest BCUT2D eigenvalue weighted by Crippen LogP contribution is -2.47. The second kappa shape index (κ2) is 10.7. The summed E-state index contributed by atoms with van der Waals surface area (Å²) in [5.41, 5.74) is 1.49. The van der Waals surface area contributed by atoms with E-state index in [0.29, 0.717) is 18.4 Å². The Labute approximate surface area is 146 Å². The van der Waals surface area contributed by atoms with Gasteiger partial charge in [-0.1, -0.05) is 17.7 Å². The third-order valence-corrected chi connectivity index (χ3v) is 4.02. The Morgan fingerprint density at radius 1 is 1.29 bits per heavy atom. The summed E-state index contributed by atoms with van der Waals surface area (Å²) in [6.45, 7) is 2.18. The van der Waals surface area contributed by atoms with Crippen LogP contribution in [-0.2, 0) is 9.59 Å². The number of carboxylic acids is 1. The predicted octanol–water partition coefficient (Wildman–Crippen LogP) is 1.83. The Morgan fingerprint density at radius 3 is 2.67 bits per heavy atom. The van der Waals surface area contributed by atoms with E-state index in [9.17, 15) is 14.4 Å². The quantitative estimate of drug-likeness (QED) is 0.558. The van der Waals surface area contributed by atoms with Gasteiger partial charge in [-0.05, 0) is 43.9 Å². The summed E-state index contributed by atoms with van der Waals surface area (Å²) in [5, 5.41) is 14.1. The molecule has 2 amide bonds. The standard InChI is InChI=1S/C17H24N2O4S/c1-12-5-3-6-13(11-12)16(22)19-14(8-10-24-2)17(23)18-9-4-7-15(20)21/h3,5-6,11,14H,4,7-10H2,1-2H3,(H,18,23)(H,19,22)(H,20,21). The molecule has 0 saturated carbocycles. The molecule has 0 bridgehead atoms. The summed E-state index contributed by atoms with van der Waals surface area (Å²) in [6.07, 6.45) is 2.82. The Kier molecular flexibility index (Phi) is 8.93. The van der Waals surface area contributed by atoms with Crippen molar-refractivity contribution in [1.82, 2.24) is 10.6 Å². The third-order valence-electron chi connectivity index (χ3n) is 3.38. The molecule has 0 aliphatic heterocycles. The van der Waals surface area contributed by atoms with Crippen LogP contribution in [-0.4, -0.2) is 47.5 Å². The highest BCUT2D eigenvalue weighted by atomic mass is 32.2. The van der Waals surface area contributed by atoms with Gasteiger partial charge in [0.25, 0.3) is 5.91 Å². The van der Waals surface area contributed by atoms with Crippen LogP contribution >= 0.6 is 11.8 Å². The van der Waals surface area contributed by atoms with E-state index in [-0.39, 0.29) is 24.8 Å². The Bertz CT molecular complexity index is 577. The first kappa shape index (κ1) is 20.0. The highest BCUT2D eigenvalue weighted by Gasteiger charge is 2.20. The highest BCUT2D eigenvalue weighted by molar-refractivity contribution is 7.98. The van der Waals surface area contributed by atoms with E-state index in [1.54, 1.807) is 30.0 Å². The van der Waals surface area contributed by atoms with E-state index < -0.39 is 12.0 Å². The van der Waals surface area contributed by atoms with Crippen LogP contribution in [0.3, 0.4) is 0 Å². The lowest BCUT2D eigenvalue weighted by atomic mass is 10.1. The SMILES string of the molecule is CSCCC(NC(=O)c1cccc(C)c1)C(=O)NCCCC(=O)O. The van der Waals surface area contributed by atoms with Crippen molar-refractivity contribution >= 4 is 29.5 Å². The predicted molar refractivity (Wildman–Crippen MR) is 95.3 cm³/mol. The molecule has 0 spiro atoms. The molecule has 6 nitrogen and oxygen atoms in total. The third kappa shape index (κ3) is 7.50. The van der Waals surface area contributed by atoms with Gasteiger partial charge in [0.15, 0.2) is 0 Å². The molecule has 0 aromatic heterocycles. The first-order valence-corrected chi connectivity index (χ1v) is 9.19. The minimum absolute atomic E-state index is 0.00537. The van der Waals surface area contributed by atoms with Crippen LogP contribution < -0.4 is 10.6 Å². The fourth-order valence-electron chi connectivity index (χ4n) is 2.11. The fourth-order valence-corrected chi connectivity index (χ4v) is 2.58. The Balaban J connectivity index is 2.61.